The highest BCUT2D eigenvalue weighted by Crippen LogP contribution is 2.45. The largest absolute Gasteiger partial charge is 0.313 e. The number of carbonyl (C=O) groups excluding carboxylic acids is 1. The molecular weight excluding hydrogens is 490 g/mol. The van der Waals surface area contributed by atoms with Gasteiger partial charge >= 0.3 is 0 Å². The van der Waals surface area contributed by atoms with Crippen molar-refractivity contribution >= 4 is 68.0 Å². The van der Waals surface area contributed by atoms with Gasteiger partial charge in [-0.25, -0.2) is 4.98 Å². The van der Waals surface area contributed by atoms with Crippen LogP contribution in [0.15, 0.2) is 53.4 Å². The highest BCUT2D eigenvalue weighted by Gasteiger charge is 2.27. The first-order chi connectivity index (χ1) is 15.7. The molecule has 0 saturated carbocycles. The predicted molar refractivity (Wildman–Crippen MR) is 146 cm³/mol. The normalized spacial score (nSPS) is 13.5. The number of hydrogen-bond donors (Lipinski definition) is 1. The molecule has 0 bridgehead atoms. The number of likely N-dealkylation sites (N-methyl/N-ethyl adjacent to an activating group) is 1. The molecule has 2 aromatic carbocycles. The molecule has 0 unspecified atom stereocenters. The minimum atomic E-state index is -0.0585. The molecule has 33 heavy (non-hydrogen) atoms. The molecule has 0 atom stereocenters. The van der Waals surface area contributed by atoms with Crippen molar-refractivity contribution in [3.63, 3.8) is 0 Å². The van der Waals surface area contributed by atoms with Crippen molar-refractivity contribution in [2.24, 2.45) is 0 Å². The fraction of sp³-hybridized carbons (Fsp3) is 0.280. The van der Waals surface area contributed by atoms with Crippen LogP contribution in [0.25, 0.3) is 20.8 Å². The molecule has 0 spiro atoms. The molecule has 1 aliphatic rings. The molecule has 0 saturated heterocycles. The Bertz CT molecular complexity index is 1250. The Hall–Kier alpha value is -1.90. The van der Waals surface area contributed by atoms with Gasteiger partial charge < -0.3 is 5.32 Å². The average Bonchev–Trinajstić information content (AvgIpc) is 3.39. The first-order valence-corrected chi connectivity index (χ1v) is 13.5. The van der Waals surface area contributed by atoms with Crippen molar-refractivity contribution in [2.45, 2.75) is 31.7 Å². The number of para-hydroxylation sites is 1. The minimum Gasteiger partial charge on any atom is -0.313 e. The van der Waals surface area contributed by atoms with E-state index in [1.165, 1.54) is 15.1 Å². The highest BCUT2D eigenvalue weighted by atomic mass is 35.5. The molecule has 4 nitrogen and oxygen atoms in total. The average molecular weight is 516 g/mol. The van der Waals surface area contributed by atoms with Gasteiger partial charge in [-0.15, -0.1) is 46.8 Å². The maximum absolute atomic E-state index is 13.2. The van der Waals surface area contributed by atoms with Gasteiger partial charge in [-0.05, 0) is 54.6 Å². The number of thiazole rings is 1. The fourth-order valence-electron chi connectivity index (χ4n) is 4.09. The number of anilines is 1. The lowest BCUT2D eigenvalue weighted by Gasteiger charge is -2.25. The lowest BCUT2D eigenvalue weighted by molar-refractivity contribution is 0.102. The Kier molecular flexibility index (Phi) is 7.76. The van der Waals surface area contributed by atoms with Crippen molar-refractivity contribution in [2.75, 3.05) is 24.2 Å². The maximum Gasteiger partial charge on any atom is 0.256 e. The number of hydrogen-bond acceptors (Lipinski definition) is 6. The number of nitrogens with zero attached hydrogens (tertiary/aromatic N) is 2. The van der Waals surface area contributed by atoms with Crippen LogP contribution in [0.2, 0.25) is 0 Å². The van der Waals surface area contributed by atoms with E-state index >= 15 is 0 Å². The van der Waals surface area contributed by atoms with Crippen LogP contribution in [0.1, 0.15) is 34.6 Å². The zero-order valence-electron chi connectivity index (χ0n) is 18.6. The summed E-state index contributed by atoms with van der Waals surface area (Å²) in [6.07, 6.45) is 0.990. The Morgan fingerprint density at radius 3 is 2.79 bits per heavy atom. The second-order valence-corrected chi connectivity index (χ2v) is 11.2. The molecule has 1 amide bonds. The van der Waals surface area contributed by atoms with Gasteiger partial charge in [0, 0.05) is 34.0 Å². The van der Waals surface area contributed by atoms with Crippen molar-refractivity contribution < 1.29 is 4.79 Å². The van der Waals surface area contributed by atoms with Gasteiger partial charge in [-0.1, -0.05) is 32.0 Å². The third-order valence-corrected chi connectivity index (χ3v) is 8.79. The van der Waals surface area contributed by atoms with Gasteiger partial charge in [0.05, 0.1) is 10.2 Å². The summed E-state index contributed by atoms with van der Waals surface area (Å²) in [5.41, 5.74) is 4.18. The van der Waals surface area contributed by atoms with Gasteiger partial charge in [-0.3, -0.25) is 9.69 Å². The van der Waals surface area contributed by atoms with Crippen LogP contribution in [0.5, 0.6) is 0 Å². The molecular formula is C25H26ClN3OS3. The number of carbonyl (C=O) groups is 1. The van der Waals surface area contributed by atoms with Gasteiger partial charge in [0.15, 0.2) is 0 Å². The van der Waals surface area contributed by atoms with Crippen LogP contribution in [-0.2, 0) is 13.0 Å². The van der Waals surface area contributed by atoms with E-state index in [1.807, 2.05) is 24.3 Å². The van der Waals surface area contributed by atoms with Crippen LogP contribution in [0.4, 0.5) is 5.00 Å². The monoisotopic (exact) mass is 515 g/mol. The number of thioether (sulfide) groups is 1. The molecule has 8 heteroatoms. The summed E-state index contributed by atoms with van der Waals surface area (Å²) in [5, 5.41) is 5.17. The van der Waals surface area contributed by atoms with E-state index in [-0.39, 0.29) is 18.3 Å². The number of thiophene rings is 1. The number of aromatic nitrogens is 1. The topological polar surface area (TPSA) is 45.2 Å². The second kappa shape index (κ2) is 10.6. The molecule has 4 aromatic rings. The first-order valence-electron chi connectivity index (χ1n) is 10.9. The fourth-order valence-corrected chi connectivity index (χ4v) is 7.20. The molecule has 172 valence electrons. The van der Waals surface area contributed by atoms with Crippen LogP contribution < -0.4 is 5.32 Å². The smallest absolute Gasteiger partial charge is 0.256 e. The Labute approximate surface area is 212 Å². The SMILES string of the molecule is CCSc1cccc(C(=O)Nc2sc3c(c2-c2nc4ccccc4s2)CCN(CC)C3)c1.Cl. The quantitative estimate of drug-likeness (QED) is 0.276. The van der Waals surface area contributed by atoms with E-state index in [9.17, 15) is 4.79 Å². The maximum atomic E-state index is 13.2. The summed E-state index contributed by atoms with van der Waals surface area (Å²) in [6.45, 7) is 7.35. The summed E-state index contributed by atoms with van der Waals surface area (Å²) in [5.74, 6) is 0.926. The Morgan fingerprint density at radius 1 is 1.15 bits per heavy atom. The molecule has 0 radical (unpaired) electrons. The lowest BCUT2D eigenvalue weighted by atomic mass is 10.0. The van der Waals surface area contributed by atoms with E-state index in [0.717, 1.165) is 57.8 Å². The van der Waals surface area contributed by atoms with E-state index in [1.54, 1.807) is 34.4 Å². The number of rotatable bonds is 6. The molecule has 0 aliphatic carbocycles. The van der Waals surface area contributed by atoms with Crippen LogP contribution >= 0.6 is 46.8 Å². The van der Waals surface area contributed by atoms with Crippen molar-refractivity contribution in [1.29, 1.82) is 0 Å². The van der Waals surface area contributed by atoms with Crippen LogP contribution in [0.3, 0.4) is 0 Å². The number of benzene rings is 2. The summed E-state index contributed by atoms with van der Waals surface area (Å²) >= 11 is 5.17. The van der Waals surface area contributed by atoms with Crippen molar-refractivity contribution in [3.05, 3.63) is 64.5 Å². The standard InChI is InChI=1S/C25H25N3OS3.ClH/c1-3-28-13-12-18-21(15-28)32-25(22(18)24-26-19-10-5-6-11-20(19)31-24)27-23(29)16-8-7-9-17(14-16)30-4-2;/h5-11,14H,3-4,12-13,15H2,1-2H3,(H,27,29);1H. The van der Waals surface area contributed by atoms with E-state index in [4.69, 9.17) is 4.98 Å². The van der Waals surface area contributed by atoms with Crippen molar-refractivity contribution in [1.82, 2.24) is 9.88 Å². The van der Waals surface area contributed by atoms with Crippen LogP contribution in [0, 0.1) is 0 Å². The summed E-state index contributed by atoms with van der Waals surface area (Å²) in [6, 6.07) is 16.1. The predicted octanol–water partition coefficient (Wildman–Crippen LogP) is 7.19. The van der Waals surface area contributed by atoms with Gasteiger partial charge in [0.25, 0.3) is 5.91 Å². The number of amides is 1. The molecule has 2 aromatic heterocycles. The van der Waals surface area contributed by atoms with Crippen LogP contribution in [-0.4, -0.2) is 34.6 Å². The highest BCUT2D eigenvalue weighted by molar-refractivity contribution is 7.99. The van der Waals surface area contributed by atoms with Gasteiger partial charge in [-0.2, -0.15) is 0 Å². The third kappa shape index (κ3) is 4.98. The third-order valence-electron chi connectivity index (χ3n) is 5.73. The molecule has 1 N–H and O–H groups in total. The zero-order valence-corrected chi connectivity index (χ0v) is 21.9. The zero-order chi connectivity index (χ0) is 22.1. The van der Waals surface area contributed by atoms with E-state index < -0.39 is 0 Å². The lowest BCUT2D eigenvalue weighted by Crippen LogP contribution is -2.29. The number of nitrogens with one attached hydrogen (secondary N) is 1. The second-order valence-electron chi connectivity index (χ2n) is 7.73. The Morgan fingerprint density at radius 2 is 2.00 bits per heavy atom. The van der Waals surface area contributed by atoms with E-state index in [0.29, 0.717) is 5.56 Å². The molecule has 5 rings (SSSR count). The molecule has 1 aliphatic heterocycles. The summed E-state index contributed by atoms with van der Waals surface area (Å²) in [4.78, 5) is 23.1. The number of fused-ring (bicyclic) bond motifs is 2. The number of halogens is 1. The Balaban J connectivity index is 0.00000259. The summed E-state index contributed by atoms with van der Waals surface area (Å²) in [7, 11) is 0. The first kappa shape index (κ1) is 24.2. The van der Waals surface area contributed by atoms with Crippen molar-refractivity contribution in [3.8, 4) is 10.6 Å². The summed E-state index contributed by atoms with van der Waals surface area (Å²) < 4.78 is 1.18. The molecule has 0 fully saturated rings. The van der Waals surface area contributed by atoms with E-state index in [2.05, 4.69) is 48.3 Å². The van der Waals surface area contributed by atoms with Gasteiger partial charge in [0.1, 0.15) is 10.0 Å². The minimum absolute atomic E-state index is 0. The van der Waals surface area contributed by atoms with Gasteiger partial charge in [0.2, 0.25) is 0 Å². The molecule has 3 heterocycles.